The first kappa shape index (κ1) is 15.1. The molecular formula is C13H21N3O3S2. The number of hydrogen-bond donors (Lipinski definition) is 2. The molecule has 2 heterocycles. The van der Waals surface area contributed by atoms with Gasteiger partial charge in [-0.3, -0.25) is 0 Å². The number of nitrogens with two attached hydrogens (primary N) is 1. The molecule has 0 aromatic carbocycles. The molecule has 2 fully saturated rings. The van der Waals surface area contributed by atoms with Crippen molar-refractivity contribution in [3.63, 3.8) is 0 Å². The van der Waals surface area contributed by atoms with Crippen LogP contribution in [0.5, 0.6) is 0 Å². The van der Waals surface area contributed by atoms with Crippen molar-refractivity contribution in [2.75, 3.05) is 23.4 Å². The van der Waals surface area contributed by atoms with Gasteiger partial charge in [-0.1, -0.05) is 6.92 Å². The molecule has 3 rings (SSSR count). The highest BCUT2D eigenvalue weighted by molar-refractivity contribution is 7.91. The van der Waals surface area contributed by atoms with Crippen LogP contribution >= 0.6 is 11.5 Å². The Morgan fingerprint density at radius 2 is 2.19 bits per heavy atom. The number of rotatable bonds is 6. The second kappa shape index (κ2) is 5.73. The third-order valence-electron chi connectivity index (χ3n) is 4.00. The second-order valence-corrected chi connectivity index (χ2v) is 8.58. The van der Waals surface area contributed by atoms with E-state index in [1.54, 1.807) is 0 Å². The van der Waals surface area contributed by atoms with Crippen LogP contribution in [0.1, 0.15) is 32.6 Å². The van der Waals surface area contributed by atoms with E-state index in [4.69, 9.17) is 10.5 Å². The Bertz CT molecular complexity index is 610. The summed E-state index contributed by atoms with van der Waals surface area (Å²) in [6, 6.07) is 0.160. The normalized spacial score (nSPS) is 26.1. The van der Waals surface area contributed by atoms with Gasteiger partial charge >= 0.3 is 0 Å². The van der Waals surface area contributed by atoms with Crippen LogP contribution in [0.15, 0.2) is 4.90 Å². The van der Waals surface area contributed by atoms with Crippen LogP contribution in [0.4, 0.5) is 10.8 Å². The van der Waals surface area contributed by atoms with Crippen molar-refractivity contribution in [1.29, 1.82) is 0 Å². The minimum absolute atomic E-state index is 0.0948. The van der Waals surface area contributed by atoms with Gasteiger partial charge in [0.1, 0.15) is 9.90 Å². The molecule has 1 saturated heterocycles. The molecule has 2 atom stereocenters. The first-order valence-electron chi connectivity index (χ1n) is 7.39. The average molecular weight is 331 g/mol. The minimum Gasteiger partial charge on any atom is -0.382 e. The van der Waals surface area contributed by atoms with Crippen molar-refractivity contribution in [2.24, 2.45) is 5.92 Å². The van der Waals surface area contributed by atoms with Crippen LogP contribution in [0.25, 0.3) is 0 Å². The number of sulfone groups is 1. The van der Waals surface area contributed by atoms with Crippen LogP contribution in [0.2, 0.25) is 0 Å². The molecule has 1 aliphatic heterocycles. The van der Waals surface area contributed by atoms with Gasteiger partial charge < -0.3 is 15.8 Å². The number of nitrogen functional groups attached to an aromatic ring is 1. The third kappa shape index (κ3) is 3.02. The molecule has 1 saturated carbocycles. The summed E-state index contributed by atoms with van der Waals surface area (Å²) in [4.78, 5) is 0.177. The fraction of sp³-hybridized carbons (Fsp3) is 0.769. The lowest BCUT2D eigenvalue weighted by Gasteiger charge is -2.20. The molecule has 1 aliphatic carbocycles. The predicted octanol–water partition coefficient (Wildman–Crippen LogP) is 1.89. The quantitative estimate of drug-likeness (QED) is 0.826. The molecule has 3 N–H and O–H groups in total. The lowest BCUT2D eigenvalue weighted by atomic mass is 10.1. The van der Waals surface area contributed by atoms with Crippen LogP contribution in [-0.2, 0) is 14.6 Å². The summed E-state index contributed by atoms with van der Waals surface area (Å²) in [5.74, 6) is 0.821. The van der Waals surface area contributed by atoms with Gasteiger partial charge in [0.25, 0.3) is 0 Å². The van der Waals surface area contributed by atoms with E-state index < -0.39 is 9.84 Å². The largest absolute Gasteiger partial charge is 0.382 e. The monoisotopic (exact) mass is 331 g/mol. The Morgan fingerprint density at radius 1 is 1.43 bits per heavy atom. The van der Waals surface area contributed by atoms with Gasteiger partial charge in [-0.15, -0.1) is 0 Å². The van der Waals surface area contributed by atoms with Gasteiger partial charge in [0, 0.05) is 6.61 Å². The number of ether oxygens (including phenoxy) is 1. The Kier molecular flexibility index (Phi) is 4.11. The van der Waals surface area contributed by atoms with Crippen molar-refractivity contribution >= 4 is 32.2 Å². The van der Waals surface area contributed by atoms with Crippen molar-refractivity contribution in [3.05, 3.63) is 0 Å². The molecule has 8 heteroatoms. The molecule has 6 nitrogen and oxygen atoms in total. The Labute approximate surface area is 129 Å². The van der Waals surface area contributed by atoms with Gasteiger partial charge in [0.05, 0.1) is 17.9 Å². The van der Waals surface area contributed by atoms with Gasteiger partial charge in [-0.05, 0) is 43.1 Å². The standard InChI is InChI=1S/C13H21N3O3S2/c1-2-7-21(17,18)11-12(14)16-20-13(11)15-9-5-6-19-10(9)8-3-4-8/h8-10,15H,2-7H2,1H3,(H2,14,16). The number of nitrogens with one attached hydrogen (secondary N) is 1. The molecule has 0 radical (unpaired) electrons. The third-order valence-corrected chi connectivity index (χ3v) is 6.90. The van der Waals surface area contributed by atoms with Crippen LogP contribution in [-0.4, -0.2) is 37.3 Å². The van der Waals surface area contributed by atoms with E-state index in [0.717, 1.165) is 24.6 Å². The molecule has 2 aliphatic rings. The lowest BCUT2D eigenvalue weighted by Crippen LogP contribution is -2.31. The van der Waals surface area contributed by atoms with Gasteiger partial charge in [0.2, 0.25) is 0 Å². The molecule has 118 valence electrons. The molecule has 2 unspecified atom stereocenters. The topological polar surface area (TPSA) is 94.3 Å². The Morgan fingerprint density at radius 3 is 2.86 bits per heavy atom. The smallest absolute Gasteiger partial charge is 0.185 e. The zero-order valence-corrected chi connectivity index (χ0v) is 13.7. The SMILES string of the molecule is CCCS(=O)(=O)c1c(N)nsc1NC1CCOC1C1CC1. The van der Waals surface area contributed by atoms with E-state index in [1.807, 2.05) is 6.92 Å². The number of nitrogens with zero attached hydrogens (tertiary/aromatic N) is 1. The van der Waals surface area contributed by atoms with Crippen LogP contribution in [0, 0.1) is 5.92 Å². The fourth-order valence-electron chi connectivity index (χ4n) is 2.88. The summed E-state index contributed by atoms with van der Waals surface area (Å²) >= 11 is 1.13. The van der Waals surface area contributed by atoms with Gasteiger partial charge in [0.15, 0.2) is 15.7 Å². The summed E-state index contributed by atoms with van der Waals surface area (Å²) in [6.07, 6.45) is 4.05. The average Bonchev–Trinajstić information content (AvgIpc) is 3.04. The number of anilines is 2. The summed E-state index contributed by atoms with van der Waals surface area (Å²) < 4.78 is 34.5. The molecule has 0 spiro atoms. The zero-order valence-electron chi connectivity index (χ0n) is 12.0. The first-order chi connectivity index (χ1) is 10.0. The predicted molar refractivity (Wildman–Crippen MR) is 83.4 cm³/mol. The van der Waals surface area contributed by atoms with Gasteiger partial charge in [-0.25, -0.2) is 8.42 Å². The number of hydrogen-bond acceptors (Lipinski definition) is 7. The highest BCUT2D eigenvalue weighted by atomic mass is 32.2. The highest BCUT2D eigenvalue weighted by Crippen LogP contribution is 2.41. The molecule has 1 aromatic heterocycles. The van der Waals surface area contributed by atoms with E-state index in [2.05, 4.69) is 9.69 Å². The fourth-order valence-corrected chi connectivity index (χ4v) is 5.55. The molecule has 0 bridgehead atoms. The van der Waals surface area contributed by atoms with E-state index in [1.165, 1.54) is 12.8 Å². The first-order valence-corrected chi connectivity index (χ1v) is 9.81. The van der Waals surface area contributed by atoms with Gasteiger partial charge in [-0.2, -0.15) is 4.37 Å². The van der Waals surface area contributed by atoms with E-state index >= 15 is 0 Å². The summed E-state index contributed by atoms with van der Waals surface area (Å²) in [7, 11) is -3.37. The molecular weight excluding hydrogens is 310 g/mol. The van der Waals surface area contributed by atoms with Crippen molar-refractivity contribution in [3.8, 4) is 0 Å². The molecule has 21 heavy (non-hydrogen) atoms. The van der Waals surface area contributed by atoms with E-state index in [9.17, 15) is 8.42 Å². The Balaban J connectivity index is 1.83. The highest BCUT2D eigenvalue weighted by Gasteiger charge is 2.41. The van der Waals surface area contributed by atoms with E-state index in [-0.39, 0.29) is 28.6 Å². The molecule has 1 aromatic rings. The van der Waals surface area contributed by atoms with Crippen molar-refractivity contribution < 1.29 is 13.2 Å². The van der Waals surface area contributed by atoms with Crippen LogP contribution in [0.3, 0.4) is 0 Å². The van der Waals surface area contributed by atoms with E-state index in [0.29, 0.717) is 17.3 Å². The zero-order chi connectivity index (χ0) is 15.0. The molecule has 0 amide bonds. The lowest BCUT2D eigenvalue weighted by molar-refractivity contribution is 0.0898. The summed E-state index contributed by atoms with van der Waals surface area (Å²) in [6.45, 7) is 2.57. The summed E-state index contributed by atoms with van der Waals surface area (Å²) in [5.41, 5.74) is 5.79. The second-order valence-electron chi connectivity index (χ2n) is 5.76. The Hall–Kier alpha value is -0.860. The number of aromatic nitrogens is 1. The maximum absolute atomic E-state index is 12.4. The van der Waals surface area contributed by atoms with Crippen LogP contribution < -0.4 is 11.1 Å². The minimum atomic E-state index is -3.37. The van der Waals surface area contributed by atoms with Crippen molar-refractivity contribution in [2.45, 2.75) is 49.6 Å². The maximum Gasteiger partial charge on any atom is 0.185 e. The van der Waals surface area contributed by atoms with Crippen molar-refractivity contribution in [1.82, 2.24) is 4.37 Å². The maximum atomic E-state index is 12.4. The summed E-state index contributed by atoms with van der Waals surface area (Å²) in [5, 5.41) is 3.91.